The topological polar surface area (TPSA) is 44.3 Å². The third kappa shape index (κ3) is 1.55. The summed E-state index contributed by atoms with van der Waals surface area (Å²) in [6.07, 6.45) is 2.41. The minimum Gasteiger partial charge on any atom is -0.396 e. The van der Waals surface area contributed by atoms with E-state index >= 15 is 0 Å². The molecule has 0 amide bonds. The van der Waals surface area contributed by atoms with E-state index in [1.807, 2.05) is 0 Å². The molecule has 1 heterocycles. The Morgan fingerprint density at radius 3 is 2.55 bits per heavy atom. The summed E-state index contributed by atoms with van der Waals surface area (Å²) in [7, 11) is 0. The number of nitrogens with one attached hydrogen (secondary N) is 2. The minimum absolute atomic E-state index is 0.273. The molecule has 64 valence electrons. The fraction of sp³-hybridized carbons (Fsp3) is 1.00. The van der Waals surface area contributed by atoms with Crippen LogP contribution >= 0.6 is 0 Å². The van der Waals surface area contributed by atoms with Crippen molar-refractivity contribution in [2.75, 3.05) is 26.2 Å². The quantitative estimate of drug-likeness (QED) is 0.505. The maximum atomic E-state index is 9.00. The van der Waals surface area contributed by atoms with E-state index in [-0.39, 0.29) is 5.41 Å². The molecule has 2 aliphatic rings. The van der Waals surface area contributed by atoms with Gasteiger partial charge in [-0.1, -0.05) is 0 Å². The molecule has 0 radical (unpaired) electrons. The zero-order valence-corrected chi connectivity index (χ0v) is 6.77. The molecular formula is C8H16N2O. The second kappa shape index (κ2) is 2.73. The molecule has 1 aliphatic carbocycles. The van der Waals surface area contributed by atoms with Crippen molar-refractivity contribution < 1.29 is 5.11 Å². The Morgan fingerprint density at radius 2 is 2.18 bits per heavy atom. The Bertz CT molecular complexity index is 141. The second-order valence-corrected chi connectivity index (χ2v) is 3.89. The van der Waals surface area contributed by atoms with E-state index in [1.165, 1.54) is 12.8 Å². The van der Waals surface area contributed by atoms with Gasteiger partial charge in [-0.25, -0.2) is 0 Å². The van der Waals surface area contributed by atoms with Crippen molar-refractivity contribution in [1.82, 2.24) is 10.6 Å². The van der Waals surface area contributed by atoms with Crippen molar-refractivity contribution in [3.8, 4) is 0 Å². The third-order valence-corrected chi connectivity index (χ3v) is 2.84. The average Bonchev–Trinajstić information content (AvgIpc) is 2.66. The van der Waals surface area contributed by atoms with Crippen LogP contribution in [0.1, 0.15) is 12.8 Å². The molecule has 0 spiro atoms. The van der Waals surface area contributed by atoms with Gasteiger partial charge in [0, 0.05) is 37.7 Å². The smallest absolute Gasteiger partial charge is 0.0499 e. The monoisotopic (exact) mass is 156 g/mol. The molecule has 3 N–H and O–H groups in total. The van der Waals surface area contributed by atoms with Crippen LogP contribution in [0, 0.1) is 5.41 Å². The lowest BCUT2D eigenvalue weighted by Crippen LogP contribution is -2.56. The first-order valence-corrected chi connectivity index (χ1v) is 4.40. The number of hydrogen-bond acceptors (Lipinski definition) is 3. The van der Waals surface area contributed by atoms with E-state index < -0.39 is 0 Å². The van der Waals surface area contributed by atoms with E-state index in [1.54, 1.807) is 0 Å². The number of hydrogen-bond donors (Lipinski definition) is 3. The van der Waals surface area contributed by atoms with Crippen LogP contribution in [-0.2, 0) is 0 Å². The second-order valence-electron chi connectivity index (χ2n) is 3.89. The van der Waals surface area contributed by atoms with Gasteiger partial charge in [0.25, 0.3) is 0 Å². The zero-order valence-electron chi connectivity index (χ0n) is 6.77. The molecule has 0 aromatic heterocycles. The largest absolute Gasteiger partial charge is 0.396 e. The highest BCUT2D eigenvalue weighted by molar-refractivity contribution is 4.96. The van der Waals surface area contributed by atoms with Gasteiger partial charge in [0.15, 0.2) is 0 Å². The molecule has 1 saturated carbocycles. The summed E-state index contributed by atoms with van der Waals surface area (Å²) >= 11 is 0. The van der Waals surface area contributed by atoms with Gasteiger partial charge >= 0.3 is 0 Å². The van der Waals surface area contributed by atoms with Crippen LogP contribution in [-0.4, -0.2) is 37.4 Å². The van der Waals surface area contributed by atoms with Gasteiger partial charge in [0.2, 0.25) is 0 Å². The normalized spacial score (nSPS) is 28.1. The molecule has 1 aliphatic heterocycles. The van der Waals surface area contributed by atoms with Crippen molar-refractivity contribution >= 4 is 0 Å². The Balaban J connectivity index is 1.65. The minimum atomic E-state index is 0.273. The Kier molecular flexibility index (Phi) is 1.87. The summed E-state index contributed by atoms with van der Waals surface area (Å²) in [5, 5.41) is 15.7. The summed E-state index contributed by atoms with van der Waals surface area (Å²) in [6.45, 7) is 3.57. The van der Waals surface area contributed by atoms with E-state index in [0.717, 1.165) is 19.6 Å². The molecule has 0 bridgehead atoms. The third-order valence-electron chi connectivity index (χ3n) is 2.84. The summed E-state index contributed by atoms with van der Waals surface area (Å²) in [4.78, 5) is 0. The van der Waals surface area contributed by atoms with Crippen LogP contribution in [0.15, 0.2) is 0 Å². The Morgan fingerprint density at radius 1 is 1.45 bits per heavy atom. The first kappa shape index (κ1) is 7.53. The van der Waals surface area contributed by atoms with E-state index in [0.29, 0.717) is 12.6 Å². The van der Waals surface area contributed by atoms with Crippen molar-refractivity contribution in [3.63, 3.8) is 0 Å². The number of aliphatic hydroxyl groups excluding tert-OH is 1. The van der Waals surface area contributed by atoms with Crippen molar-refractivity contribution in [2.24, 2.45) is 5.41 Å². The maximum absolute atomic E-state index is 9.00. The van der Waals surface area contributed by atoms with Crippen LogP contribution in [0.3, 0.4) is 0 Å². The van der Waals surface area contributed by atoms with Gasteiger partial charge in [-0.05, 0) is 12.8 Å². The molecule has 3 nitrogen and oxygen atoms in total. The lowest BCUT2D eigenvalue weighted by Gasteiger charge is -2.29. The van der Waals surface area contributed by atoms with E-state index in [2.05, 4.69) is 10.6 Å². The Labute approximate surface area is 67.2 Å². The molecular weight excluding hydrogens is 140 g/mol. The lowest BCUT2D eigenvalue weighted by atomic mass is 10.1. The molecule has 0 unspecified atom stereocenters. The molecule has 2 fully saturated rings. The molecule has 3 heteroatoms. The van der Waals surface area contributed by atoms with Gasteiger partial charge < -0.3 is 15.7 Å². The van der Waals surface area contributed by atoms with Crippen LogP contribution in [0.25, 0.3) is 0 Å². The zero-order chi connectivity index (χ0) is 7.73. The standard InChI is InChI=1S/C8H16N2O/c11-6-8(1-2-8)5-10-7-3-9-4-7/h7,9-11H,1-6H2. The Hall–Kier alpha value is -0.120. The average molecular weight is 156 g/mol. The molecule has 0 aromatic rings. The predicted octanol–water partition coefficient (Wildman–Crippen LogP) is -0.680. The first-order chi connectivity index (χ1) is 5.35. The number of aliphatic hydroxyl groups is 1. The summed E-state index contributed by atoms with van der Waals surface area (Å²) < 4.78 is 0. The molecule has 0 aromatic carbocycles. The lowest BCUT2D eigenvalue weighted by molar-refractivity contribution is 0.198. The summed E-state index contributed by atoms with van der Waals surface area (Å²) in [6, 6.07) is 0.666. The number of rotatable bonds is 4. The van der Waals surface area contributed by atoms with Gasteiger partial charge in [-0.15, -0.1) is 0 Å². The van der Waals surface area contributed by atoms with Crippen LogP contribution < -0.4 is 10.6 Å². The van der Waals surface area contributed by atoms with Gasteiger partial charge in [0.1, 0.15) is 0 Å². The van der Waals surface area contributed by atoms with Crippen molar-refractivity contribution in [1.29, 1.82) is 0 Å². The first-order valence-electron chi connectivity index (χ1n) is 4.40. The van der Waals surface area contributed by atoms with Crippen molar-refractivity contribution in [3.05, 3.63) is 0 Å². The highest BCUT2D eigenvalue weighted by Gasteiger charge is 2.42. The predicted molar refractivity (Wildman–Crippen MR) is 43.4 cm³/mol. The van der Waals surface area contributed by atoms with Crippen LogP contribution in [0.4, 0.5) is 0 Å². The van der Waals surface area contributed by atoms with Gasteiger partial charge in [0.05, 0.1) is 0 Å². The molecule has 11 heavy (non-hydrogen) atoms. The van der Waals surface area contributed by atoms with Gasteiger partial charge in [-0.2, -0.15) is 0 Å². The summed E-state index contributed by atoms with van der Waals surface area (Å²) in [5.74, 6) is 0. The molecule has 1 saturated heterocycles. The van der Waals surface area contributed by atoms with Crippen LogP contribution in [0.5, 0.6) is 0 Å². The fourth-order valence-corrected chi connectivity index (χ4v) is 1.36. The van der Waals surface area contributed by atoms with E-state index in [9.17, 15) is 0 Å². The molecule has 0 atom stereocenters. The van der Waals surface area contributed by atoms with Gasteiger partial charge in [-0.3, -0.25) is 0 Å². The summed E-state index contributed by atoms with van der Waals surface area (Å²) in [5.41, 5.74) is 0.273. The van der Waals surface area contributed by atoms with Crippen molar-refractivity contribution in [2.45, 2.75) is 18.9 Å². The fourth-order valence-electron chi connectivity index (χ4n) is 1.36. The highest BCUT2D eigenvalue weighted by atomic mass is 16.3. The SMILES string of the molecule is OCC1(CNC2CNC2)CC1. The van der Waals surface area contributed by atoms with Crippen LogP contribution in [0.2, 0.25) is 0 Å². The highest BCUT2D eigenvalue weighted by Crippen LogP contribution is 2.44. The van der Waals surface area contributed by atoms with E-state index in [4.69, 9.17) is 5.11 Å². The molecule has 2 rings (SSSR count). The maximum Gasteiger partial charge on any atom is 0.0499 e.